The van der Waals surface area contributed by atoms with Gasteiger partial charge in [0.15, 0.2) is 0 Å². The molecule has 1 aromatic carbocycles. The maximum Gasteiger partial charge on any atom is 0.228 e. The third kappa shape index (κ3) is 6.55. The monoisotopic (exact) mass is 432 g/mol. The molecule has 2 N–H and O–H groups in total. The molecule has 0 bridgehead atoms. The molecule has 1 saturated heterocycles. The van der Waals surface area contributed by atoms with Gasteiger partial charge in [0.05, 0.1) is 12.0 Å². The topological polar surface area (TPSA) is 50.4 Å². The van der Waals surface area contributed by atoms with Crippen molar-refractivity contribution in [2.75, 3.05) is 33.4 Å². The second kappa shape index (κ2) is 11.2. The fourth-order valence-electron chi connectivity index (χ4n) is 3.40. The summed E-state index contributed by atoms with van der Waals surface area (Å²) in [6.07, 6.45) is 3.71. The van der Waals surface area contributed by atoms with Gasteiger partial charge in [-0.2, -0.15) is 0 Å². The molecule has 0 spiro atoms. The zero-order chi connectivity index (χ0) is 17.4. The summed E-state index contributed by atoms with van der Waals surface area (Å²) in [6, 6.07) is 8.41. The number of nitrogens with one attached hydrogen (secondary N) is 2. The summed E-state index contributed by atoms with van der Waals surface area (Å²) >= 11 is 3.52. The van der Waals surface area contributed by atoms with E-state index in [2.05, 4.69) is 51.7 Å². The fraction of sp³-hybridized carbons (Fsp3) is 0.632. The minimum absolute atomic E-state index is 0. The van der Waals surface area contributed by atoms with Crippen molar-refractivity contribution in [3.05, 3.63) is 34.3 Å². The van der Waals surface area contributed by atoms with Crippen LogP contribution in [0.2, 0.25) is 0 Å². The molecule has 0 aliphatic carbocycles. The predicted molar refractivity (Wildman–Crippen MR) is 108 cm³/mol. The molecule has 6 heteroatoms. The molecule has 1 unspecified atom stereocenters. The Bertz CT molecular complexity index is 530. The molecule has 0 radical (unpaired) electrons. The Kier molecular flexibility index (Phi) is 10.0. The van der Waals surface area contributed by atoms with E-state index in [9.17, 15) is 4.79 Å². The van der Waals surface area contributed by atoms with Crippen LogP contribution in [-0.4, -0.2) is 39.3 Å². The smallest absolute Gasteiger partial charge is 0.228 e. The number of carbonyl (C=O) groups is 1. The molecule has 142 valence electrons. The highest BCUT2D eigenvalue weighted by atomic mass is 79.9. The Hall–Kier alpha value is -0.620. The molecule has 2 rings (SSSR count). The van der Waals surface area contributed by atoms with Gasteiger partial charge in [0.25, 0.3) is 0 Å². The second-order valence-electron chi connectivity index (χ2n) is 6.78. The molecule has 1 aromatic rings. The molecule has 0 saturated carbocycles. The zero-order valence-corrected chi connectivity index (χ0v) is 17.5. The van der Waals surface area contributed by atoms with E-state index in [1.165, 1.54) is 5.56 Å². The van der Waals surface area contributed by atoms with Crippen LogP contribution >= 0.6 is 28.3 Å². The van der Waals surface area contributed by atoms with Crippen LogP contribution in [0.25, 0.3) is 0 Å². The van der Waals surface area contributed by atoms with E-state index in [4.69, 9.17) is 4.74 Å². The summed E-state index contributed by atoms with van der Waals surface area (Å²) < 4.78 is 6.46. The number of hydrogen-bond acceptors (Lipinski definition) is 3. The van der Waals surface area contributed by atoms with Gasteiger partial charge in [-0.05, 0) is 56.0 Å². The van der Waals surface area contributed by atoms with Gasteiger partial charge in [0, 0.05) is 18.1 Å². The number of ether oxygens (including phenoxy) is 1. The van der Waals surface area contributed by atoms with E-state index in [1.807, 2.05) is 6.07 Å². The van der Waals surface area contributed by atoms with Crippen LogP contribution in [0.5, 0.6) is 0 Å². The molecule has 1 atom stereocenters. The van der Waals surface area contributed by atoms with Crippen molar-refractivity contribution in [1.82, 2.24) is 10.6 Å². The van der Waals surface area contributed by atoms with Crippen LogP contribution in [-0.2, 0) is 16.0 Å². The largest absolute Gasteiger partial charge is 0.384 e. The van der Waals surface area contributed by atoms with E-state index in [-0.39, 0.29) is 23.7 Å². The second-order valence-corrected chi connectivity index (χ2v) is 7.70. The number of carbonyl (C=O) groups excluding carboxylic acids is 1. The number of halogens is 2. The molecule has 1 aliphatic rings. The summed E-state index contributed by atoms with van der Waals surface area (Å²) in [7, 11) is 1.68. The molecule has 1 fully saturated rings. The molecule has 0 aromatic heterocycles. The molecule has 1 aliphatic heterocycles. The predicted octanol–water partition coefficient (Wildman–Crippen LogP) is 3.57. The van der Waals surface area contributed by atoms with E-state index >= 15 is 0 Å². The fourth-order valence-corrected chi connectivity index (χ4v) is 3.85. The maximum absolute atomic E-state index is 12.8. The average Bonchev–Trinajstić information content (AvgIpc) is 2.59. The lowest BCUT2D eigenvalue weighted by molar-refractivity contribution is -0.136. The Morgan fingerprint density at radius 2 is 2.12 bits per heavy atom. The van der Waals surface area contributed by atoms with Gasteiger partial charge in [0.2, 0.25) is 5.91 Å². The lowest BCUT2D eigenvalue weighted by Gasteiger charge is -2.36. The first kappa shape index (κ1) is 22.4. The lowest BCUT2D eigenvalue weighted by atomic mass is 9.78. The third-order valence-corrected chi connectivity index (χ3v) is 5.50. The summed E-state index contributed by atoms with van der Waals surface area (Å²) in [5.74, 6) is 0.600. The first-order valence-electron chi connectivity index (χ1n) is 8.82. The number of benzene rings is 1. The first-order chi connectivity index (χ1) is 11.6. The zero-order valence-electron chi connectivity index (χ0n) is 15.1. The van der Waals surface area contributed by atoms with Gasteiger partial charge in [-0.1, -0.05) is 41.4 Å². The van der Waals surface area contributed by atoms with Crippen molar-refractivity contribution in [1.29, 1.82) is 0 Å². The molecular weight excluding hydrogens is 404 g/mol. The Morgan fingerprint density at radius 1 is 1.40 bits per heavy atom. The summed E-state index contributed by atoms with van der Waals surface area (Å²) in [5.41, 5.74) is 0.938. The van der Waals surface area contributed by atoms with Gasteiger partial charge in [-0.25, -0.2) is 0 Å². The van der Waals surface area contributed by atoms with Crippen LogP contribution < -0.4 is 10.6 Å². The number of amides is 1. The van der Waals surface area contributed by atoms with E-state index in [0.717, 1.165) is 49.8 Å². The Morgan fingerprint density at radius 3 is 2.72 bits per heavy atom. The van der Waals surface area contributed by atoms with Crippen molar-refractivity contribution in [2.45, 2.75) is 32.6 Å². The average molecular weight is 434 g/mol. The van der Waals surface area contributed by atoms with Gasteiger partial charge in [0.1, 0.15) is 0 Å². The molecule has 1 amide bonds. The number of methoxy groups -OCH3 is 1. The van der Waals surface area contributed by atoms with Gasteiger partial charge in [-0.3, -0.25) is 4.79 Å². The van der Waals surface area contributed by atoms with Crippen LogP contribution in [0.4, 0.5) is 0 Å². The third-order valence-electron chi connectivity index (χ3n) is 5.01. The van der Waals surface area contributed by atoms with Crippen LogP contribution in [0, 0.1) is 11.3 Å². The summed E-state index contributed by atoms with van der Waals surface area (Å²) in [4.78, 5) is 12.8. The van der Waals surface area contributed by atoms with Crippen molar-refractivity contribution in [3.63, 3.8) is 0 Å². The normalized spacial score (nSPS) is 17.4. The Balaban J connectivity index is 0.00000312. The van der Waals surface area contributed by atoms with E-state index in [0.29, 0.717) is 12.5 Å². The minimum atomic E-state index is -0.367. The van der Waals surface area contributed by atoms with Crippen LogP contribution in [0.15, 0.2) is 28.7 Å². The highest BCUT2D eigenvalue weighted by Crippen LogP contribution is 2.29. The first-order valence-corrected chi connectivity index (χ1v) is 9.61. The van der Waals surface area contributed by atoms with Gasteiger partial charge >= 0.3 is 0 Å². The van der Waals surface area contributed by atoms with E-state index in [1.54, 1.807) is 7.11 Å². The quantitative estimate of drug-likeness (QED) is 0.659. The van der Waals surface area contributed by atoms with Crippen molar-refractivity contribution < 1.29 is 9.53 Å². The van der Waals surface area contributed by atoms with Crippen molar-refractivity contribution in [3.8, 4) is 0 Å². The maximum atomic E-state index is 12.8. The number of piperidine rings is 1. The highest BCUT2D eigenvalue weighted by Gasteiger charge is 2.39. The van der Waals surface area contributed by atoms with Crippen LogP contribution in [0.1, 0.15) is 31.7 Å². The molecule has 4 nitrogen and oxygen atoms in total. The van der Waals surface area contributed by atoms with E-state index < -0.39 is 0 Å². The molecular formula is C19H30BrClN2O2. The molecule has 1 heterocycles. The number of rotatable bonds is 8. The standard InChI is InChI=1S/C19H29BrN2O2.ClH/c1-3-15(11-16-5-4-6-17(20)12-16)13-22-18(23)19(14-24-2)7-9-21-10-8-19;/h4-6,12,15,21H,3,7-11,13-14H2,1-2H3,(H,22,23);1H. The lowest BCUT2D eigenvalue weighted by Crippen LogP contribution is -2.51. The van der Waals surface area contributed by atoms with Crippen molar-refractivity contribution in [2.24, 2.45) is 11.3 Å². The van der Waals surface area contributed by atoms with Crippen molar-refractivity contribution >= 4 is 34.2 Å². The minimum Gasteiger partial charge on any atom is -0.384 e. The summed E-state index contributed by atoms with van der Waals surface area (Å²) in [5, 5.41) is 6.53. The van der Waals surface area contributed by atoms with Gasteiger partial charge in [-0.15, -0.1) is 12.4 Å². The highest BCUT2D eigenvalue weighted by molar-refractivity contribution is 9.10. The van der Waals surface area contributed by atoms with Crippen LogP contribution in [0.3, 0.4) is 0 Å². The SMILES string of the molecule is CCC(CNC(=O)C1(COC)CCNCC1)Cc1cccc(Br)c1.Cl. The molecule has 25 heavy (non-hydrogen) atoms. The summed E-state index contributed by atoms with van der Waals surface area (Å²) in [6.45, 7) is 5.17. The van der Waals surface area contributed by atoms with Gasteiger partial charge < -0.3 is 15.4 Å². The number of hydrogen-bond donors (Lipinski definition) is 2. The Labute approximate surface area is 166 Å².